The minimum Gasteiger partial charge on any atom is -0.394 e. The van der Waals surface area contributed by atoms with Crippen molar-refractivity contribution in [3.05, 3.63) is 0 Å². The lowest BCUT2D eigenvalue weighted by Crippen LogP contribution is -2.64. The van der Waals surface area contributed by atoms with Crippen molar-refractivity contribution in [2.45, 2.75) is 130 Å². The average Bonchev–Trinajstić information content (AvgIpc) is 3.05. The van der Waals surface area contributed by atoms with E-state index in [1.165, 1.54) is 13.8 Å². The van der Waals surface area contributed by atoms with Gasteiger partial charge in [0.05, 0.1) is 38.1 Å². The largest absolute Gasteiger partial charge is 0.394 e. The van der Waals surface area contributed by atoms with E-state index in [-0.39, 0.29) is 45.2 Å². The van der Waals surface area contributed by atoms with Crippen LogP contribution < -0.4 is 31.9 Å². The molecule has 0 aromatic heterocycles. The Balaban J connectivity index is 2.80. The zero-order chi connectivity index (χ0) is 38.9. The summed E-state index contributed by atoms with van der Waals surface area (Å²) in [6.45, 7) is 15.4. The Bertz CT molecular complexity index is 1130. The van der Waals surface area contributed by atoms with Crippen LogP contribution in [0.5, 0.6) is 0 Å². The molecule has 0 aromatic carbocycles. The minimum absolute atomic E-state index is 0.0277. The summed E-state index contributed by atoms with van der Waals surface area (Å²) in [6.07, 6.45) is -6.17. The highest BCUT2D eigenvalue weighted by atomic mass is 16.7. The second kappa shape index (κ2) is 22.2. The summed E-state index contributed by atoms with van der Waals surface area (Å²) in [7, 11) is 0. The van der Waals surface area contributed by atoms with E-state index in [4.69, 9.17) is 18.9 Å². The van der Waals surface area contributed by atoms with Crippen molar-refractivity contribution < 1.29 is 58.2 Å². The summed E-state index contributed by atoms with van der Waals surface area (Å²) in [5.41, 5.74) is -1.25. The van der Waals surface area contributed by atoms with E-state index in [9.17, 15) is 39.3 Å². The highest BCUT2D eigenvalue weighted by Crippen LogP contribution is 2.25. The summed E-state index contributed by atoms with van der Waals surface area (Å²) in [5, 5.41) is 46.1. The quantitative estimate of drug-likeness (QED) is 0.0505. The lowest BCUT2D eigenvalue weighted by Gasteiger charge is -2.43. The Morgan fingerprint density at radius 3 is 2.16 bits per heavy atom. The van der Waals surface area contributed by atoms with Crippen LogP contribution >= 0.6 is 0 Å². The van der Waals surface area contributed by atoms with Crippen molar-refractivity contribution in [3.63, 3.8) is 0 Å². The highest BCUT2D eigenvalue weighted by molar-refractivity contribution is 5.92. The standard InChI is InChI=1S/C33H62N6O12/c1-10-12-23(42)37-20(4)29(46)39-28(34-14-24(43)36-16-33(8,9)50-11-2)30(47)35-13-19(3)48-17-32(6,7)18-49-31-25(38-21(5)41)27(45)26(44)22(15-40)51-31/h19-20,22,25-28,31,34,40,44-45H,10-18H2,1-9H3,(H,35,47)(H,36,43)(H,37,42)(H,38,41)(H,39,46)/t19?,20?,22-,25-,26+,27-,28?,31?/m1/s1. The number of nitrogens with one attached hydrogen (secondary N) is 6. The fraction of sp³-hybridized carbons (Fsp3) is 0.848. The molecule has 1 aliphatic rings. The maximum atomic E-state index is 13.2. The molecule has 0 aliphatic carbocycles. The van der Waals surface area contributed by atoms with Crippen LogP contribution in [0.4, 0.5) is 0 Å². The highest BCUT2D eigenvalue weighted by Gasteiger charge is 2.45. The van der Waals surface area contributed by atoms with Gasteiger partial charge in [-0.3, -0.25) is 29.3 Å². The van der Waals surface area contributed by atoms with Crippen molar-refractivity contribution in [2.24, 2.45) is 5.41 Å². The normalized spacial score (nSPS) is 22.6. The minimum atomic E-state index is -1.44. The van der Waals surface area contributed by atoms with Crippen LogP contribution in [0.2, 0.25) is 0 Å². The fourth-order valence-electron chi connectivity index (χ4n) is 4.83. The van der Waals surface area contributed by atoms with Crippen LogP contribution in [-0.4, -0.2) is 145 Å². The molecule has 18 heteroatoms. The Kier molecular flexibility index (Phi) is 20.0. The molecule has 0 aromatic rings. The van der Waals surface area contributed by atoms with Crippen LogP contribution in [0.15, 0.2) is 0 Å². The number of aliphatic hydroxyl groups is 3. The number of aliphatic hydroxyl groups excluding tert-OH is 3. The van der Waals surface area contributed by atoms with Crippen molar-refractivity contribution in [3.8, 4) is 0 Å². The van der Waals surface area contributed by atoms with E-state index in [1.807, 2.05) is 41.5 Å². The van der Waals surface area contributed by atoms with Crippen molar-refractivity contribution in [2.75, 3.05) is 46.1 Å². The molecule has 5 amide bonds. The molecule has 18 nitrogen and oxygen atoms in total. The molecule has 296 valence electrons. The molecule has 0 radical (unpaired) electrons. The Morgan fingerprint density at radius 2 is 1.57 bits per heavy atom. The number of ether oxygens (including phenoxy) is 4. The van der Waals surface area contributed by atoms with Gasteiger partial charge in [0, 0.05) is 38.5 Å². The molecule has 0 saturated carbocycles. The third-order valence-corrected chi connectivity index (χ3v) is 7.72. The van der Waals surface area contributed by atoms with Gasteiger partial charge in [0.2, 0.25) is 23.6 Å². The molecular weight excluding hydrogens is 672 g/mol. The summed E-state index contributed by atoms with van der Waals surface area (Å²) < 4.78 is 23.0. The summed E-state index contributed by atoms with van der Waals surface area (Å²) >= 11 is 0. The van der Waals surface area contributed by atoms with E-state index < -0.39 is 90.2 Å². The van der Waals surface area contributed by atoms with Gasteiger partial charge in [-0.05, 0) is 41.0 Å². The van der Waals surface area contributed by atoms with Crippen LogP contribution in [0.3, 0.4) is 0 Å². The molecule has 1 heterocycles. The molecule has 0 spiro atoms. The second-order valence-electron chi connectivity index (χ2n) is 14.1. The van der Waals surface area contributed by atoms with Crippen LogP contribution in [0.25, 0.3) is 0 Å². The summed E-state index contributed by atoms with van der Waals surface area (Å²) in [5.74, 6) is -2.49. The van der Waals surface area contributed by atoms with Crippen molar-refractivity contribution in [1.82, 2.24) is 31.9 Å². The third kappa shape index (κ3) is 17.4. The Morgan fingerprint density at radius 1 is 0.902 bits per heavy atom. The van der Waals surface area contributed by atoms with Gasteiger partial charge in [0.1, 0.15) is 30.4 Å². The van der Waals surface area contributed by atoms with Crippen LogP contribution in [0, 0.1) is 5.41 Å². The van der Waals surface area contributed by atoms with Crippen molar-refractivity contribution in [1.29, 1.82) is 0 Å². The molecule has 4 unspecified atom stereocenters. The SMILES string of the molecule is CCCC(=O)NC(C)C(=O)NC(NCC(=O)NCC(C)(C)OCC)C(=O)NCC(C)OCC(C)(C)COC1O[C@H](CO)[C@H](O)[C@H](O)[C@H]1NC(C)=O. The second-order valence-corrected chi connectivity index (χ2v) is 14.1. The number of hydrogen-bond donors (Lipinski definition) is 9. The molecule has 1 saturated heterocycles. The first-order chi connectivity index (χ1) is 23.7. The molecule has 8 atom stereocenters. The third-order valence-electron chi connectivity index (χ3n) is 7.72. The first-order valence-corrected chi connectivity index (χ1v) is 17.4. The van der Waals surface area contributed by atoms with Crippen molar-refractivity contribution >= 4 is 29.5 Å². The van der Waals surface area contributed by atoms with Gasteiger partial charge < -0.3 is 60.9 Å². The molecule has 0 bridgehead atoms. The first kappa shape index (κ1) is 46.1. The molecule has 1 fully saturated rings. The number of carbonyl (C=O) groups is 5. The van der Waals surface area contributed by atoms with Crippen LogP contribution in [0.1, 0.15) is 75.2 Å². The number of hydrogen-bond acceptors (Lipinski definition) is 13. The van der Waals surface area contributed by atoms with E-state index in [2.05, 4.69) is 31.9 Å². The van der Waals surface area contributed by atoms with E-state index in [0.717, 1.165) is 0 Å². The van der Waals surface area contributed by atoms with E-state index >= 15 is 0 Å². The lowest BCUT2D eigenvalue weighted by molar-refractivity contribution is -0.276. The van der Waals surface area contributed by atoms with Gasteiger partial charge in [0.25, 0.3) is 5.91 Å². The lowest BCUT2D eigenvalue weighted by atomic mass is 9.95. The van der Waals surface area contributed by atoms with Gasteiger partial charge in [-0.1, -0.05) is 20.8 Å². The number of amides is 5. The molecule has 1 rings (SSSR count). The van der Waals surface area contributed by atoms with E-state index in [1.54, 1.807) is 6.92 Å². The van der Waals surface area contributed by atoms with E-state index in [0.29, 0.717) is 13.0 Å². The van der Waals surface area contributed by atoms with Gasteiger partial charge in [-0.15, -0.1) is 0 Å². The van der Waals surface area contributed by atoms with Gasteiger partial charge in [-0.2, -0.15) is 0 Å². The topological polar surface area (TPSA) is 255 Å². The monoisotopic (exact) mass is 734 g/mol. The predicted octanol–water partition coefficient (Wildman–Crippen LogP) is -2.24. The fourth-order valence-corrected chi connectivity index (χ4v) is 4.83. The zero-order valence-corrected chi connectivity index (χ0v) is 31.5. The first-order valence-electron chi connectivity index (χ1n) is 17.4. The Hall–Kier alpha value is -2.97. The van der Waals surface area contributed by atoms with Gasteiger partial charge >= 0.3 is 0 Å². The van der Waals surface area contributed by atoms with Gasteiger partial charge in [0.15, 0.2) is 12.5 Å². The summed E-state index contributed by atoms with van der Waals surface area (Å²) in [4.78, 5) is 62.4. The zero-order valence-electron chi connectivity index (χ0n) is 31.5. The maximum absolute atomic E-state index is 13.2. The smallest absolute Gasteiger partial charge is 0.257 e. The Labute approximate surface area is 300 Å². The molecular formula is C33H62N6O12. The maximum Gasteiger partial charge on any atom is 0.257 e. The predicted molar refractivity (Wildman–Crippen MR) is 185 cm³/mol. The molecule has 1 aliphatic heterocycles. The summed E-state index contributed by atoms with van der Waals surface area (Å²) in [6, 6.07) is -2.03. The molecule has 9 N–H and O–H groups in total. The number of carbonyl (C=O) groups excluding carboxylic acids is 5. The number of rotatable bonds is 23. The van der Waals surface area contributed by atoms with Crippen LogP contribution in [-0.2, 0) is 42.9 Å². The van der Waals surface area contributed by atoms with Gasteiger partial charge in [-0.25, -0.2) is 0 Å². The molecule has 51 heavy (non-hydrogen) atoms. The average molecular weight is 735 g/mol.